The van der Waals surface area contributed by atoms with Gasteiger partial charge in [0.1, 0.15) is 12.6 Å². The van der Waals surface area contributed by atoms with Crippen LogP contribution in [0.15, 0.2) is 12.4 Å². The molecule has 3 heterocycles. The van der Waals surface area contributed by atoms with Crippen LogP contribution in [0, 0.1) is 0 Å². The molecule has 2 aliphatic heterocycles. The maximum absolute atomic E-state index is 12.4. The second kappa shape index (κ2) is 8.44. The second-order valence-corrected chi connectivity index (χ2v) is 6.40. The molecule has 2 aliphatic rings. The van der Waals surface area contributed by atoms with E-state index in [4.69, 9.17) is 14.2 Å². The molecule has 0 saturated carbocycles. The molecule has 1 unspecified atom stereocenters. The van der Waals surface area contributed by atoms with Crippen LogP contribution in [-0.2, 0) is 30.5 Å². The van der Waals surface area contributed by atoms with Crippen molar-refractivity contribution in [3.63, 3.8) is 0 Å². The van der Waals surface area contributed by atoms with E-state index in [9.17, 15) is 9.59 Å². The zero-order chi connectivity index (χ0) is 17.6. The van der Waals surface area contributed by atoms with E-state index in [1.54, 1.807) is 13.3 Å². The van der Waals surface area contributed by atoms with E-state index in [1.165, 1.54) is 0 Å². The first kappa shape index (κ1) is 17.9. The van der Waals surface area contributed by atoms with Gasteiger partial charge in [-0.2, -0.15) is 0 Å². The zero-order valence-electron chi connectivity index (χ0n) is 14.6. The first-order valence-corrected chi connectivity index (χ1v) is 8.75. The number of carbonyl (C=O) groups excluding carboxylic acids is 2. The van der Waals surface area contributed by atoms with Crippen LogP contribution < -0.4 is 0 Å². The van der Waals surface area contributed by atoms with Crippen LogP contribution in [0.4, 0.5) is 0 Å². The lowest BCUT2D eigenvalue weighted by atomic mass is 9.95. The average molecular weight is 351 g/mol. The van der Waals surface area contributed by atoms with Crippen molar-refractivity contribution in [1.82, 2.24) is 14.5 Å². The molecule has 25 heavy (non-hydrogen) atoms. The number of likely N-dealkylation sites (tertiary alicyclic amines) is 1. The molecular formula is C17H25N3O5. The molecule has 0 radical (unpaired) electrons. The van der Waals surface area contributed by atoms with Crippen molar-refractivity contribution in [3.8, 4) is 0 Å². The van der Waals surface area contributed by atoms with Crippen molar-refractivity contribution in [2.75, 3.05) is 33.4 Å². The average Bonchev–Trinajstić information content (AvgIpc) is 3.27. The van der Waals surface area contributed by atoms with Gasteiger partial charge < -0.3 is 23.7 Å². The number of hydrogen-bond acceptors (Lipinski definition) is 6. The maximum Gasteiger partial charge on any atom is 0.306 e. The van der Waals surface area contributed by atoms with Gasteiger partial charge in [0.2, 0.25) is 0 Å². The van der Waals surface area contributed by atoms with Crippen LogP contribution in [0.25, 0.3) is 0 Å². The van der Waals surface area contributed by atoms with Crippen LogP contribution in [0.2, 0.25) is 0 Å². The summed E-state index contributed by atoms with van der Waals surface area (Å²) < 4.78 is 17.6. The Bertz CT molecular complexity index is 595. The predicted molar refractivity (Wildman–Crippen MR) is 87.7 cm³/mol. The SMILES string of the molecule is COCCOCn1ccnc1C1CCN(C(=O)C2CCC(=O)O2)CC1. The highest BCUT2D eigenvalue weighted by Crippen LogP contribution is 2.28. The smallest absolute Gasteiger partial charge is 0.306 e. The van der Waals surface area contributed by atoms with Crippen LogP contribution in [0.5, 0.6) is 0 Å². The fraction of sp³-hybridized carbons (Fsp3) is 0.706. The van der Waals surface area contributed by atoms with E-state index in [1.807, 2.05) is 15.7 Å². The van der Waals surface area contributed by atoms with Crippen molar-refractivity contribution >= 4 is 11.9 Å². The summed E-state index contributed by atoms with van der Waals surface area (Å²) in [4.78, 5) is 29.9. The number of carbonyl (C=O) groups is 2. The number of imidazole rings is 1. The number of rotatable bonds is 7. The van der Waals surface area contributed by atoms with Crippen molar-refractivity contribution in [2.24, 2.45) is 0 Å². The Morgan fingerprint density at radius 3 is 2.80 bits per heavy atom. The number of piperidine rings is 1. The second-order valence-electron chi connectivity index (χ2n) is 6.40. The Balaban J connectivity index is 1.50. The van der Waals surface area contributed by atoms with Crippen LogP contribution in [0.3, 0.4) is 0 Å². The fourth-order valence-electron chi connectivity index (χ4n) is 3.36. The monoisotopic (exact) mass is 351 g/mol. The van der Waals surface area contributed by atoms with E-state index in [2.05, 4.69) is 4.98 Å². The molecule has 0 spiro atoms. The highest BCUT2D eigenvalue weighted by molar-refractivity contribution is 5.86. The van der Waals surface area contributed by atoms with Gasteiger partial charge in [-0.15, -0.1) is 0 Å². The molecule has 0 aromatic carbocycles. The Labute approximate surface area is 147 Å². The van der Waals surface area contributed by atoms with Gasteiger partial charge in [-0.1, -0.05) is 0 Å². The van der Waals surface area contributed by atoms with Gasteiger partial charge in [0.15, 0.2) is 6.10 Å². The molecule has 0 N–H and O–H groups in total. The molecule has 2 saturated heterocycles. The molecule has 2 fully saturated rings. The molecule has 3 rings (SSSR count). The molecular weight excluding hydrogens is 326 g/mol. The van der Waals surface area contributed by atoms with Crippen LogP contribution >= 0.6 is 0 Å². The number of aromatic nitrogens is 2. The third kappa shape index (κ3) is 4.38. The van der Waals surface area contributed by atoms with E-state index < -0.39 is 6.10 Å². The van der Waals surface area contributed by atoms with Crippen LogP contribution in [0.1, 0.15) is 37.4 Å². The minimum absolute atomic E-state index is 0.0597. The molecule has 8 heteroatoms. The standard InChI is InChI=1S/C17H25N3O5/c1-23-10-11-24-12-20-9-6-18-16(20)13-4-7-19(8-5-13)17(22)14-2-3-15(21)25-14/h6,9,13-14H,2-5,7-8,10-12H2,1H3. The Morgan fingerprint density at radius 2 is 2.12 bits per heavy atom. The van der Waals surface area contributed by atoms with Gasteiger partial charge in [-0.3, -0.25) is 9.59 Å². The van der Waals surface area contributed by atoms with Gasteiger partial charge >= 0.3 is 5.97 Å². The Hall–Kier alpha value is -1.93. The maximum atomic E-state index is 12.4. The molecule has 1 aromatic rings. The molecule has 0 aliphatic carbocycles. The third-order valence-electron chi connectivity index (χ3n) is 4.74. The zero-order valence-corrected chi connectivity index (χ0v) is 14.6. The van der Waals surface area contributed by atoms with Gasteiger partial charge in [-0.05, 0) is 12.8 Å². The highest BCUT2D eigenvalue weighted by atomic mass is 16.6. The number of amides is 1. The number of cyclic esters (lactones) is 1. The summed E-state index contributed by atoms with van der Waals surface area (Å²) in [6.07, 6.45) is 5.65. The number of esters is 1. The van der Waals surface area contributed by atoms with Crippen LogP contribution in [-0.4, -0.2) is 65.8 Å². The topological polar surface area (TPSA) is 82.9 Å². The molecule has 8 nitrogen and oxygen atoms in total. The first-order valence-electron chi connectivity index (χ1n) is 8.75. The lowest BCUT2D eigenvalue weighted by Crippen LogP contribution is -2.43. The van der Waals surface area contributed by atoms with Crippen molar-refractivity contribution < 1.29 is 23.8 Å². The normalized spacial score (nSPS) is 21.6. The minimum atomic E-state index is -0.583. The number of nitrogens with zero attached hydrogens (tertiary/aromatic N) is 3. The largest absolute Gasteiger partial charge is 0.452 e. The van der Waals surface area contributed by atoms with Gasteiger partial charge in [0.05, 0.1) is 13.2 Å². The fourth-order valence-corrected chi connectivity index (χ4v) is 3.36. The van der Waals surface area contributed by atoms with Crippen molar-refractivity contribution in [1.29, 1.82) is 0 Å². The predicted octanol–water partition coefficient (Wildman–Crippen LogP) is 0.915. The molecule has 1 amide bonds. The molecule has 0 bridgehead atoms. The summed E-state index contributed by atoms with van der Waals surface area (Å²) in [7, 11) is 1.65. The summed E-state index contributed by atoms with van der Waals surface area (Å²) in [5, 5.41) is 0. The lowest BCUT2D eigenvalue weighted by Gasteiger charge is -2.33. The molecule has 138 valence electrons. The van der Waals surface area contributed by atoms with Gasteiger partial charge in [0, 0.05) is 51.4 Å². The Kier molecular flexibility index (Phi) is 6.04. The quantitative estimate of drug-likeness (QED) is 0.536. The lowest BCUT2D eigenvalue weighted by molar-refractivity contribution is -0.153. The summed E-state index contributed by atoms with van der Waals surface area (Å²) >= 11 is 0. The number of hydrogen-bond donors (Lipinski definition) is 0. The van der Waals surface area contributed by atoms with Crippen molar-refractivity contribution in [2.45, 2.75) is 44.4 Å². The highest BCUT2D eigenvalue weighted by Gasteiger charge is 2.35. The Morgan fingerprint density at radius 1 is 1.32 bits per heavy atom. The third-order valence-corrected chi connectivity index (χ3v) is 4.74. The van der Waals surface area contributed by atoms with Gasteiger partial charge in [0.25, 0.3) is 5.91 Å². The van der Waals surface area contributed by atoms with E-state index in [-0.39, 0.29) is 11.9 Å². The summed E-state index contributed by atoms with van der Waals surface area (Å²) in [5.41, 5.74) is 0. The molecule has 1 atom stereocenters. The van der Waals surface area contributed by atoms with Gasteiger partial charge in [-0.25, -0.2) is 4.98 Å². The van der Waals surface area contributed by atoms with E-state index >= 15 is 0 Å². The van der Waals surface area contributed by atoms with E-state index in [0.29, 0.717) is 51.8 Å². The number of ether oxygens (including phenoxy) is 3. The summed E-state index contributed by atoms with van der Waals surface area (Å²) in [6.45, 7) is 2.89. The van der Waals surface area contributed by atoms with Crippen molar-refractivity contribution in [3.05, 3.63) is 18.2 Å². The number of methoxy groups -OCH3 is 1. The van der Waals surface area contributed by atoms with E-state index in [0.717, 1.165) is 18.7 Å². The minimum Gasteiger partial charge on any atom is -0.452 e. The molecule has 1 aromatic heterocycles. The summed E-state index contributed by atoms with van der Waals surface area (Å²) in [6, 6.07) is 0. The summed E-state index contributed by atoms with van der Waals surface area (Å²) in [5.74, 6) is 0.965. The first-order chi connectivity index (χ1) is 12.2.